The van der Waals surface area contributed by atoms with Crippen molar-refractivity contribution in [2.24, 2.45) is 5.41 Å². The van der Waals surface area contributed by atoms with E-state index in [1.165, 1.54) is 18.2 Å². The molecule has 1 heterocycles. The quantitative estimate of drug-likeness (QED) is 0.907. The second kappa shape index (κ2) is 6.14. The fourth-order valence-corrected chi connectivity index (χ4v) is 2.36. The number of nitrogens with one attached hydrogen (secondary N) is 1. The molecule has 1 aromatic rings. The minimum Gasteiger partial charge on any atom is -0.381 e. The number of halogens is 1. The number of benzene rings is 1. The van der Waals surface area contributed by atoms with E-state index in [0.717, 1.165) is 38.2 Å². The van der Waals surface area contributed by atoms with E-state index in [1.807, 2.05) is 0 Å². The first-order valence-corrected chi connectivity index (χ1v) is 6.60. The molecule has 3 nitrogen and oxygen atoms in total. The average molecular weight is 262 g/mol. The second-order valence-electron chi connectivity index (χ2n) is 5.44. The van der Waals surface area contributed by atoms with E-state index in [9.17, 15) is 4.39 Å². The molecule has 1 aliphatic heterocycles. The van der Waals surface area contributed by atoms with Crippen LogP contribution in [0.25, 0.3) is 0 Å². The zero-order chi connectivity index (χ0) is 13.7. The summed E-state index contributed by atoms with van der Waals surface area (Å²) in [7, 11) is 0. The number of ether oxygens (including phenoxy) is 1. The van der Waals surface area contributed by atoms with E-state index in [2.05, 4.69) is 18.3 Å². The number of hydrogen-bond acceptors (Lipinski definition) is 3. The summed E-state index contributed by atoms with van der Waals surface area (Å²) in [5.41, 5.74) is 1.49. The van der Waals surface area contributed by atoms with Crippen LogP contribution >= 0.6 is 0 Å². The smallest absolute Gasteiger partial charge is 0.123 e. The molecule has 0 unspecified atom stereocenters. The van der Waals surface area contributed by atoms with Gasteiger partial charge in [0.05, 0.1) is 11.6 Å². The summed E-state index contributed by atoms with van der Waals surface area (Å²) >= 11 is 0. The van der Waals surface area contributed by atoms with Gasteiger partial charge in [-0.2, -0.15) is 5.26 Å². The van der Waals surface area contributed by atoms with Crippen LogP contribution < -0.4 is 5.32 Å². The highest BCUT2D eigenvalue weighted by Crippen LogP contribution is 2.28. The summed E-state index contributed by atoms with van der Waals surface area (Å²) in [6.45, 7) is 5.23. The van der Waals surface area contributed by atoms with Crippen LogP contribution in [0.2, 0.25) is 0 Å². The molecule has 2 rings (SSSR count). The van der Waals surface area contributed by atoms with Crippen molar-refractivity contribution >= 4 is 0 Å². The van der Waals surface area contributed by atoms with Crippen molar-refractivity contribution < 1.29 is 9.13 Å². The van der Waals surface area contributed by atoms with Crippen LogP contribution in [0, 0.1) is 22.6 Å². The molecule has 4 heteroatoms. The molecule has 102 valence electrons. The Labute approximate surface area is 113 Å². The minimum absolute atomic E-state index is 0.235. The predicted octanol–water partition coefficient (Wildman–Crippen LogP) is 2.60. The highest BCUT2D eigenvalue weighted by atomic mass is 19.1. The topological polar surface area (TPSA) is 45.0 Å². The molecule has 0 bridgehead atoms. The van der Waals surface area contributed by atoms with Gasteiger partial charge in [-0.15, -0.1) is 0 Å². The van der Waals surface area contributed by atoms with E-state index in [1.54, 1.807) is 0 Å². The summed E-state index contributed by atoms with van der Waals surface area (Å²) in [6, 6.07) is 6.37. The maximum absolute atomic E-state index is 13.2. The lowest BCUT2D eigenvalue weighted by molar-refractivity contribution is 0.0240. The molecule has 1 fully saturated rings. The molecule has 0 aliphatic carbocycles. The van der Waals surface area contributed by atoms with Gasteiger partial charge < -0.3 is 10.1 Å². The Hall–Kier alpha value is -1.44. The van der Waals surface area contributed by atoms with Crippen molar-refractivity contribution in [3.63, 3.8) is 0 Å². The summed E-state index contributed by atoms with van der Waals surface area (Å²) in [4.78, 5) is 0. The zero-order valence-corrected chi connectivity index (χ0v) is 11.2. The lowest BCUT2D eigenvalue weighted by Crippen LogP contribution is -2.36. The van der Waals surface area contributed by atoms with Crippen LogP contribution in [0.1, 0.15) is 30.9 Å². The molecule has 0 amide bonds. The van der Waals surface area contributed by atoms with E-state index in [0.29, 0.717) is 12.1 Å². The normalized spacial score (nSPS) is 17.9. The second-order valence-corrected chi connectivity index (χ2v) is 5.44. The maximum Gasteiger partial charge on any atom is 0.123 e. The van der Waals surface area contributed by atoms with Crippen LogP contribution in [0.3, 0.4) is 0 Å². The first-order valence-electron chi connectivity index (χ1n) is 6.60. The van der Waals surface area contributed by atoms with Gasteiger partial charge in [-0.3, -0.25) is 0 Å². The third-order valence-corrected chi connectivity index (χ3v) is 3.75. The van der Waals surface area contributed by atoms with Gasteiger partial charge in [0.1, 0.15) is 5.82 Å². The molecule has 0 saturated carbocycles. The van der Waals surface area contributed by atoms with E-state index >= 15 is 0 Å². The lowest BCUT2D eigenvalue weighted by atomic mass is 9.82. The molecule has 1 N–H and O–H groups in total. The largest absolute Gasteiger partial charge is 0.381 e. The standard InChI is InChI=1S/C15H19FN2O/c1-15(4-6-19-7-5-15)11-18-10-13-8-14(16)3-2-12(13)9-17/h2-3,8,18H,4-7,10-11H2,1H3. The summed E-state index contributed by atoms with van der Waals surface area (Å²) in [5.74, 6) is -0.298. The van der Waals surface area contributed by atoms with Crippen LogP contribution in [0.5, 0.6) is 0 Å². The number of nitriles is 1. The van der Waals surface area contributed by atoms with Crippen molar-refractivity contribution in [1.29, 1.82) is 5.26 Å². The third kappa shape index (κ3) is 3.76. The minimum atomic E-state index is -0.298. The van der Waals surface area contributed by atoms with Crippen LogP contribution in [0.4, 0.5) is 4.39 Å². The van der Waals surface area contributed by atoms with Gasteiger partial charge in [0.25, 0.3) is 0 Å². The monoisotopic (exact) mass is 262 g/mol. The molecule has 0 atom stereocenters. The fraction of sp³-hybridized carbons (Fsp3) is 0.533. The Morgan fingerprint density at radius 3 is 2.84 bits per heavy atom. The van der Waals surface area contributed by atoms with Gasteiger partial charge in [-0.25, -0.2) is 4.39 Å². The molecule has 0 spiro atoms. The van der Waals surface area contributed by atoms with E-state index < -0.39 is 0 Å². The Morgan fingerprint density at radius 2 is 2.16 bits per heavy atom. The molecular formula is C15H19FN2O. The van der Waals surface area contributed by atoms with Crippen molar-refractivity contribution in [2.75, 3.05) is 19.8 Å². The molecular weight excluding hydrogens is 243 g/mol. The number of rotatable bonds is 4. The number of nitrogens with zero attached hydrogens (tertiary/aromatic N) is 1. The Kier molecular flexibility index (Phi) is 4.52. The Balaban J connectivity index is 1.92. The fourth-order valence-electron chi connectivity index (χ4n) is 2.36. The highest BCUT2D eigenvalue weighted by molar-refractivity contribution is 5.37. The lowest BCUT2D eigenvalue weighted by Gasteiger charge is -2.33. The van der Waals surface area contributed by atoms with E-state index in [-0.39, 0.29) is 11.2 Å². The summed E-state index contributed by atoms with van der Waals surface area (Å²) in [6.07, 6.45) is 2.07. The molecule has 1 aromatic carbocycles. The first kappa shape index (κ1) is 14.0. The van der Waals surface area contributed by atoms with Crippen molar-refractivity contribution in [2.45, 2.75) is 26.3 Å². The van der Waals surface area contributed by atoms with Gasteiger partial charge in [-0.05, 0) is 42.0 Å². The molecule has 1 aliphatic rings. The van der Waals surface area contributed by atoms with Crippen molar-refractivity contribution in [3.8, 4) is 6.07 Å². The highest BCUT2D eigenvalue weighted by Gasteiger charge is 2.26. The molecule has 19 heavy (non-hydrogen) atoms. The Bertz CT molecular complexity index is 476. The molecule has 0 radical (unpaired) electrons. The SMILES string of the molecule is CC1(CNCc2cc(F)ccc2C#N)CCOCC1. The van der Waals surface area contributed by atoms with Gasteiger partial charge >= 0.3 is 0 Å². The maximum atomic E-state index is 13.2. The summed E-state index contributed by atoms with van der Waals surface area (Å²) < 4.78 is 18.5. The third-order valence-electron chi connectivity index (χ3n) is 3.75. The molecule has 0 aromatic heterocycles. The van der Waals surface area contributed by atoms with Gasteiger partial charge in [0.15, 0.2) is 0 Å². The average Bonchev–Trinajstić information content (AvgIpc) is 2.40. The van der Waals surface area contributed by atoms with Gasteiger partial charge in [0, 0.05) is 26.3 Å². The van der Waals surface area contributed by atoms with Crippen molar-refractivity contribution in [1.82, 2.24) is 5.32 Å². The van der Waals surface area contributed by atoms with Crippen LogP contribution in [0.15, 0.2) is 18.2 Å². The zero-order valence-electron chi connectivity index (χ0n) is 11.2. The van der Waals surface area contributed by atoms with Crippen LogP contribution in [-0.4, -0.2) is 19.8 Å². The van der Waals surface area contributed by atoms with Gasteiger partial charge in [0.2, 0.25) is 0 Å². The summed E-state index contributed by atoms with van der Waals surface area (Å²) in [5, 5.41) is 12.3. The predicted molar refractivity (Wildman–Crippen MR) is 71.0 cm³/mol. The van der Waals surface area contributed by atoms with E-state index in [4.69, 9.17) is 10.00 Å². The molecule has 1 saturated heterocycles. The first-order chi connectivity index (χ1) is 9.13. The van der Waals surface area contributed by atoms with Crippen LogP contribution in [-0.2, 0) is 11.3 Å². The van der Waals surface area contributed by atoms with Crippen molar-refractivity contribution in [3.05, 3.63) is 35.1 Å². The van der Waals surface area contributed by atoms with Gasteiger partial charge in [-0.1, -0.05) is 6.92 Å². The number of hydrogen-bond donors (Lipinski definition) is 1. The Morgan fingerprint density at radius 1 is 1.42 bits per heavy atom.